The molecule has 0 aromatic heterocycles. The number of sulfonamides is 1. The van der Waals surface area contributed by atoms with E-state index in [0.29, 0.717) is 22.9 Å². The summed E-state index contributed by atoms with van der Waals surface area (Å²) >= 11 is 5.99. The molecule has 4 aromatic rings. The zero-order chi connectivity index (χ0) is 28.5. The van der Waals surface area contributed by atoms with Crippen LogP contribution in [0.15, 0.2) is 113 Å². The number of nitrogens with zero attached hydrogens (tertiary/aromatic N) is 3. The first-order chi connectivity index (χ1) is 19.2. The predicted molar refractivity (Wildman–Crippen MR) is 152 cm³/mol. The molecule has 0 unspecified atom stereocenters. The number of halogens is 1. The van der Waals surface area contributed by atoms with Gasteiger partial charge in [-0.15, -0.1) is 0 Å². The van der Waals surface area contributed by atoms with Crippen LogP contribution in [0.25, 0.3) is 0 Å². The molecule has 0 spiro atoms. The van der Waals surface area contributed by atoms with Crippen LogP contribution in [0.3, 0.4) is 0 Å². The maximum absolute atomic E-state index is 13.3. The number of anilines is 1. The molecule has 0 saturated heterocycles. The summed E-state index contributed by atoms with van der Waals surface area (Å²) in [5.74, 6) is -0.0818. The molecule has 40 heavy (non-hydrogen) atoms. The van der Waals surface area contributed by atoms with Crippen molar-refractivity contribution < 1.29 is 22.9 Å². The van der Waals surface area contributed by atoms with Crippen molar-refractivity contribution in [3.05, 3.63) is 129 Å². The second-order valence-corrected chi connectivity index (χ2v) is 10.7. The fourth-order valence-electron chi connectivity index (χ4n) is 3.56. The molecule has 0 fully saturated rings. The summed E-state index contributed by atoms with van der Waals surface area (Å²) in [4.78, 5) is 23.1. The van der Waals surface area contributed by atoms with Gasteiger partial charge in [-0.05, 0) is 71.8 Å². The van der Waals surface area contributed by atoms with Crippen molar-refractivity contribution in [2.24, 2.45) is 5.10 Å². The molecule has 0 radical (unpaired) electrons. The molecule has 0 saturated carbocycles. The van der Waals surface area contributed by atoms with Crippen LogP contribution in [0.2, 0.25) is 5.02 Å². The number of carbonyl (C=O) groups is 1. The zero-order valence-electron chi connectivity index (χ0n) is 20.9. The van der Waals surface area contributed by atoms with E-state index in [1.54, 1.807) is 48.5 Å². The van der Waals surface area contributed by atoms with Gasteiger partial charge in [-0.25, -0.2) is 13.8 Å². The summed E-state index contributed by atoms with van der Waals surface area (Å²) in [6, 6.07) is 26.8. The maximum atomic E-state index is 13.3. The lowest BCUT2D eigenvalue weighted by Gasteiger charge is -2.23. The van der Waals surface area contributed by atoms with E-state index in [-0.39, 0.29) is 16.3 Å². The molecule has 0 aliphatic rings. The number of hydrogen-bond donors (Lipinski definition) is 1. The summed E-state index contributed by atoms with van der Waals surface area (Å²) in [5, 5.41) is 15.6. The van der Waals surface area contributed by atoms with E-state index in [1.165, 1.54) is 42.6 Å². The van der Waals surface area contributed by atoms with Crippen LogP contribution in [0.4, 0.5) is 11.4 Å². The monoisotopic (exact) mass is 578 g/mol. The van der Waals surface area contributed by atoms with Gasteiger partial charge in [0, 0.05) is 17.2 Å². The number of nitro benzene ring substituents is 1. The number of carbonyl (C=O) groups excluding carboxylic acids is 1. The quantitative estimate of drug-likeness (QED) is 0.148. The van der Waals surface area contributed by atoms with Gasteiger partial charge < -0.3 is 4.74 Å². The van der Waals surface area contributed by atoms with Gasteiger partial charge in [-0.2, -0.15) is 5.10 Å². The Labute approximate surface area is 235 Å². The summed E-state index contributed by atoms with van der Waals surface area (Å²) in [7, 11) is -4.16. The van der Waals surface area contributed by atoms with E-state index in [1.807, 2.05) is 18.2 Å². The molecule has 0 heterocycles. The molecule has 1 amide bonds. The minimum absolute atomic E-state index is 0.0395. The smallest absolute Gasteiger partial charge is 0.269 e. The van der Waals surface area contributed by atoms with Crippen molar-refractivity contribution in [3.8, 4) is 5.75 Å². The van der Waals surface area contributed by atoms with E-state index >= 15 is 0 Å². The van der Waals surface area contributed by atoms with Gasteiger partial charge in [-0.3, -0.25) is 19.2 Å². The number of ether oxygens (including phenoxy) is 1. The number of benzene rings is 4. The van der Waals surface area contributed by atoms with Crippen molar-refractivity contribution in [1.82, 2.24) is 5.43 Å². The van der Waals surface area contributed by atoms with E-state index in [0.717, 1.165) is 9.87 Å². The second kappa shape index (κ2) is 12.9. The predicted octanol–water partition coefficient (Wildman–Crippen LogP) is 5.17. The van der Waals surface area contributed by atoms with Gasteiger partial charge in [0.25, 0.3) is 21.6 Å². The highest BCUT2D eigenvalue weighted by Gasteiger charge is 2.27. The van der Waals surface area contributed by atoms with Gasteiger partial charge in [0.05, 0.1) is 21.7 Å². The summed E-state index contributed by atoms with van der Waals surface area (Å²) in [6.45, 7) is -0.260. The normalized spacial score (nSPS) is 11.2. The van der Waals surface area contributed by atoms with Crippen LogP contribution < -0.4 is 14.5 Å². The Morgan fingerprint density at radius 2 is 1.68 bits per heavy atom. The summed E-state index contributed by atoms with van der Waals surface area (Å²) < 4.78 is 33.3. The lowest BCUT2D eigenvalue weighted by Crippen LogP contribution is -2.39. The van der Waals surface area contributed by atoms with E-state index in [4.69, 9.17) is 16.3 Å². The van der Waals surface area contributed by atoms with Crippen LogP contribution in [0.5, 0.6) is 5.75 Å². The lowest BCUT2D eigenvalue weighted by molar-refractivity contribution is -0.384. The first-order valence-electron chi connectivity index (χ1n) is 11.8. The first-order valence-corrected chi connectivity index (χ1v) is 13.7. The zero-order valence-corrected chi connectivity index (χ0v) is 22.5. The average Bonchev–Trinajstić information content (AvgIpc) is 2.96. The molecule has 0 aliphatic heterocycles. The molecule has 0 atom stereocenters. The second-order valence-electron chi connectivity index (χ2n) is 8.38. The third kappa shape index (κ3) is 7.43. The lowest BCUT2D eigenvalue weighted by atomic mass is 10.2. The van der Waals surface area contributed by atoms with Gasteiger partial charge in [-0.1, -0.05) is 41.9 Å². The molecular formula is C28H23ClN4O6S. The number of nitrogens with one attached hydrogen (secondary N) is 1. The molecule has 4 aromatic carbocycles. The number of nitro groups is 1. The minimum Gasteiger partial charge on any atom is -0.489 e. The van der Waals surface area contributed by atoms with Crippen molar-refractivity contribution in [2.45, 2.75) is 11.5 Å². The van der Waals surface area contributed by atoms with Crippen LogP contribution in [-0.2, 0) is 21.4 Å². The maximum Gasteiger partial charge on any atom is 0.269 e. The highest BCUT2D eigenvalue weighted by molar-refractivity contribution is 7.92. The highest BCUT2D eigenvalue weighted by Crippen LogP contribution is 2.25. The Balaban J connectivity index is 1.41. The molecule has 0 bridgehead atoms. The molecule has 0 aliphatic carbocycles. The molecule has 12 heteroatoms. The Hall–Kier alpha value is -4.74. The summed E-state index contributed by atoms with van der Waals surface area (Å²) in [6.07, 6.45) is 1.40. The Morgan fingerprint density at radius 3 is 2.33 bits per heavy atom. The molecule has 4 rings (SSSR count). The third-order valence-electron chi connectivity index (χ3n) is 5.54. The van der Waals surface area contributed by atoms with Gasteiger partial charge in [0.15, 0.2) is 0 Å². The molecule has 1 N–H and O–H groups in total. The minimum atomic E-state index is -4.16. The first kappa shape index (κ1) is 28.3. The van der Waals surface area contributed by atoms with Crippen molar-refractivity contribution >= 4 is 45.1 Å². The standard InChI is InChI=1S/C28H23ClN4O6S/c29-23-6-4-5-22(17-23)20-39-26-15-9-21(10-16-26)18-30-31-28(34)19-32(24-11-13-25(14-12-24)33(35)36)40(37,38)27-7-2-1-3-8-27/h1-18H,19-20H2,(H,31,34)/b30-18-. The number of non-ortho nitro benzene ring substituents is 1. The third-order valence-corrected chi connectivity index (χ3v) is 7.57. The molecular weight excluding hydrogens is 556 g/mol. The number of rotatable bonds is 11. The van der Waals surface area contributed by atoms with Gasteiger partial charge in [0.2, 0.25) is 0 Å². The van der Waals surface area contributed by atoms with Crippen LogP contribution >= 0.6 is 11.6 Å². The fourth-order valence-corrected chi connectivity index (χ4v) is 5.22. The highest BCUT2D eigenvalue weighted by atomic mass is 35.5. The molecule has 204 valence electrons. The summed E-state index contributed by atoms with van der Waals surface area (Å²) in [5.41, 5.74) is 3.79. The van der Waals surface area contributed by atoms with Gasteiger partial charge in [0.1, 0.15) is 18.9 Å². The average molecular weight is 579 g/mol. The van der Waals surface area contributed by atoms with Gasteiger partial charge >= 0.3 is 0 Å². The van der Waals surface area contributed by atoms with Crippen molar-refractivity contribution in [1.29, 1.82) is 0 Å². The number of hydrogen-bond acceptors (Lipinski definition) is 7. The number of hydrazone groups is 1. The van der Waals surface area contributed by atoms with Crippen LogP contribution in [0.1, 0.15) is 11.1 Å². The SMILES string of the molecule is O=C(CN(c1ccc([N+](=O)[O-])cc1)S(=O)(=O)c1ccccc1)N/N=C\c1ccc(OCc2cccc(Cl)c2)cc1. The Kier molecular flexibility index (Phi) is 9.10. The van der Waals surface area contributed by atoms with Crippen LogP contribution in [-0.4, -0.2) is 32.0 Å². The largest absolute Gasteiger partial charge is 0.489 e. The Bertz CT molecular complexity index is 1610. The topological polar surface area (TPSA) is 131 Å². The Morgan fingerprint density at radius 1 is 0.975 bits per heavy atom. The molecule has 10 nitrogen and oxygen atoms in total. The van der Waals surface area contributed by atoms with Crippen molar-refractivity contribution in [2.75, 3.05) is 10.8 Å². The van der Waals surface area contributed by atoms with Crippen LogP contribution in [0, 0.1) is 10.1 Å². The van der Waals surface area contributed by atoms with Crippen molar-refractivity contribution in [3.63, 3.8) is 0 Å². The fraction of sp³-hybridized carbons (Fsp3) is 0.0714. The van der Waals surface area contributed by atoms with E-state index in [9.17, 15) is 23.3 Å². The van der Waals surface area contributed by atoms with E-state index in [2.05, 4.69) is 10.5 Å². The number of amides is 1. The van der Waals surface area contributed by atoms with E-state index < -0.39 is 27.4 Å².